The zero-order valence-corrected chi connectivity index (χ0v) is 15.8. The van der Waals surface area contributed by atoms with Crippen LogP contribution in [0.4, 0.5) is 5.82 Å². The van der Waals surface area contributed by atoms with Gasteiger partial charge in [0.25, 0.3) is 5.91 Å². The molecule has 3 fully saturated rings. The van der Waals surface area contributed by atoms with E-state index in [9.17, 15) is 14.7 Å². The average molecular weight is 373 g/mol. The zero-order valence-electron chi connectivity index (χ0n) is 15.8. The van der Waals surface area contributed by atoms with E-state index in [4.69, 9.17) is 0 Å². The summed E-state index contributed by atoms with van der Waals surface area (Å²) in [7, 11) is 2.00. The molecule has 0 spiro atoms. The van der Waals surface area contributed by atoms with Gasteiger partial charge >= 0.3 is 5.97 Å². The van der Waals surface area contributed by atoms with Gasteiger partial charge in [0.05, 0.1) is 17.8 Å². The largest absolute Gasteiger partial charge is 0.481 e. The molecule has 0 saturated carbocycles. The normalized spacial score (nSPS) is 28.9. The summed E-state index contributed by atoms with van der Waals surface area (Å²) in [5.74, 6) is -0.0886. The Morgan fingerprint density at radius 1 is 1.11 bits per heavy atom. The van der Waals surface area contributed by atoms with Crippen molar-refractivity contribution in [3.8, 4) is 0 Å². The van der Waals surface area contributed by atoms with Crippen molar-refractivity contribution in [1.29, 1.82) is 0 Å². The number of carboxylic acid groups (broad SMARTS) is 1. The molecular weight excluding hydrogens is 346 g/mol. The van der Waals surface area contributed by atoms with Crippen LogP contribution in [0.25, 0.3) is 0 Å². The first-order valence-electron chi connectivity index (χ1n) is 9.81. The number of anilines is 1. The summed E-state index contributed by atoms with van der Waals surface area (Å²) in [5, 5.41) is 9.91. The fourth-order valence-electron chi connectivity index (χ4n) is 4.89. The van der Waals surface area contributed by atoms with Crippen LogP contribution in [0, 0.1) is 5.41 Å². The number of hydrogen-bond donors (Lipinski definition) is 1. The third-order valence-corrected chi connectivity index (χ3v) is 6.51. The Bertz CT molecular complexity index is 736. The van der Waals surface area contributed by atoms with Gasteiger partial charge in [-0.2, -0.15) is 0 Å². The number of piperidine rings is 2. The summed E-state index contributed by atoms with van der Waals surface area (Å²) in [5.41, 5.74) is -0.304. The number of carbonyl (C=O) groups is 2. The van der Waals surface area contributed by atoms with Crippen molar-refractivity contribution in [3.63, 3.8) is 0 Å². The number of nitrogens with zero attached hydrogens (tertiary/aromatic N) is 5. The van der Waals surface area contributed by atoms with Gasteiger partial charge in [-0.3, -0.25) is 14.6 Å². The topological polar surface area (TPSA) is 89.9 Å². The lowest BCUT2D eigenvalue weighted by molar-refractivity contribution is -0.158. The standard InChI is InChI=1S/C19H27N5O3/c1-22-7-4-5-19(18(26)27)6-10-24(13-15(19)22)16-12-20-11-14(21-16)17(25)23-8-2-3-9-23/h11-12,15H,2-10,13H2,1H3,(H,26,27)/t15-,19+/m1/s1. The molecule has 8 heteroatoms. The number of carbonyl (C=O) groups excluding carboxylic acids is 1. The van der Waals surface area contributed by atoms with Gasteiger partial charge in [0.2, 0.25) is 0 Å². The van der Waals surface area contributed by atoms with Crippen molar-refractivity contribution in [3.05, 3.63) is 18.1 Å². The number of fused-ring (bicyclic) bond motifs is 1. The van der Waals surface area contributed by atoms with Crippen LogP contribution in [0.15, 0.2) is 12.4 Å². The highest BCUT2D eigenvalue weighted by atomic mass is 16.4. The molecule has 4 heterocycles. The molecule has 2 atom stereocenters. The minimum absolute atomic E-state index is 0.0581. The van der Waals surface area contributed by atoms with Gasteiger partial charge in [0.15, 0.2) is 0 Å². The molecule has 1 amide bonds. The van der Waals surface area contributed by atoms with Crippen molar-refractivity contribution in [2.75, 3.05) is 44.7 Å². The molecular formula is C19H27N5O3. The highest BCUT2D eigenvalue weighted by Crippen LogP contribution is 2.42. The minimum atomic E-state index is -0.692. The van der Waals surface area contributed by atoms with Crippen molar-refractivity contribution in [2.24, 2.45) is 5.41 Å². The quantitative estimate of drug-likeness (QED) is 0.848. The third-order valence-electron chi connectivity index (χ3n) is 6.51. The first-order chi connectivity index (χ1) is 13.0. The van der Waals surface area contributed by atoms with E-state index < -0.39 is 11.4 Å². The predicted molar refractivity (Wildman–Crippen MR) is 99.7 cm³/mol. The monoisotopic (exact) mass is 373 g/mol. The molecule has 1 aromatic rings. The fraction of sp³-hybridized carbons (Fsp3) is 0.684. The van der Waals surface area contributed by atoms with Gasteiger partial charge in [-0.05, 0) is 45.7 Å². The smallest absolute Gasteiger partial charge is 0.311 e. The van der Waals surface area contributed by atoms with Crippen LogP contribution in [0.2, 0.25) is 0 Å². The Balaban J connectivity index is 1.55. The molecule has 8 nitrogen and oxygen atoms in total. The van der Waals surface area contributed by atoms with E-state index in [1.165, 1.54) is 6.20 Å². The van der Waals surface area contributed by atoms with Crippen LogP contribution in [0.3, 0.4) is 0 Å². The van der Waals surface area contributed by atoms with Crippen molar-refractivity contribution in [1.82, 2.24) is 19.8 Å². The van der Waals surface area contributed by atoms with Crippen LogP contribution in [0.5, 0.6) is 0 Å². The van der Waals surface area contributed by atoms with E-state index in [0.29, 0.717) is 31.0 Å². The number of aromatic nitrogens is 2. The first-order valence-corrected chi connectivity index (χ1v) is 9.81. The molecule has 3 aliphatic heterocycles. The summed E-state index contributed by atoms with van der Waals surface area (Å²) in [6.45, 7) is 3.68. The Labute approximate surface area is 159 Å². The van der Waals surface area contributed by atoms with Crippen LogP contribution < -0.4 is 4.90 Å². The summed E-state index contributed by atoms with van der Waals surface area (Å²) < 4.78 is 0. The van der Waals surface area contributed by atoms with E-state index >= 15 is 0 Å². The molecule has 0 aliphatic carbocycles. The lowest BCUT2D eigenvalue weighted by atomic mass is 9.68. The lowest BCUT2D eigenvalue weighted by Gasteiger charge is -2.52. The SMILES string of the molecule is CN1CCC[C@]2(C(=O)O)CCN(c3cncc(C(=O)N4CCCC4)n3)C[C@@H]12. The Kier molecular flexibility index (Phi) is 4.75. The minimum Gasteiger partial charge on any atom is -0.481 e. The number of rotatable bonds is 3. The molecule has 146 valence electrons. The second-order valence-corrected chi connectivity index (χ2v) is 8.02. The van der Waals surface area contributed by atoms with E-state index in [1.807, 2.05) is 11.9 Å². The van der Waals surface area contributed by atoms with E-state index in [2.05, 4.69) is 19.8 Å². The van der Waals surface area contributed by atoms with Crippen LogP contribution >= 0.6 is 0 Å². The number of amides is 1. The van der Waals surface area contributed by atoms with Gasteiger partial charge in [-0.25, -0.2) is 4.98 Å². The summed E-state index contributed by atoms with van der Waals surface area (Å²) in [4.78, 5) is 39.6. The molecule has 27 heavy (non-hydrogen) atoms. The Hall–Kier alpha value is -2.22. The number of likely N-dealkylation sites (N-methyl/N-ethyl adjacent to an activating group) is 1. The van der Waals surface area contributed by atoms with Gasteiger partial charge < -0.3 is 19.8 Å². The Morgan fingerprint density at radius 3 is 2.63 bits per heavy atom. The molecule has 4 rings (SSSR count). The molecule has 0 radical (unpaired) electrons. The second kappa shape index (κ2) is 7.07. The molecule has 3 saturated heterocycles. The predicted octanol–water partition coefficient (Wildman–Crippen LogP) is 1.09. The lowest BCUT2D eigenvalue weighted by Crippen LogP contribution is -2.63. The van der Waals surface area contributed by atoms with Crippen LogP contribution in [-0.2, 0) is 4.79 Å². The van der Waals surface area contributed by atoms with Crippen molar-refractivity contribution in [2.45, 2.75) is 38.1 Å². The zero-order chi connectivity index (χ0) is 19.0. The Morgan fingerprint density at radius 2 is 1.89 bits per heavy atom. The van der Waals surface area contributed by atoms with Crippen molar-refractivity contribution < 1.29 is 14.7 Å². The maximum atomic E-state index is 12.6. The number of hydrogen-bond acceptors (Lipinski definition) is 6. The van der Waals surface area contributed by atoms with Gasteiger partial charge in [0.1, 0.15) is 11.5 Å². The first kappa shape index (κ1) is 18.2. The van der Waals surface area contributed by atoms with Gasteiger partial charge in [-0.15, -0.1) is 0 Å². The van der Waals surface area contributed by atoms with E-state index in [-0.39, 0.29) is 11.9 Å². The number of likely N-dealkylation sites (tertiary alicyclic amines) is 2. The highest BCUT2D eigenvalue weighted by Gasteiger charge is 2.52. The molecule has 3 aliphatic rings. The molecule has 1 aromatic heterocycles. The molecule has 0 bridgehead atoms. The van der Waals surface area contributed by atoms with Gasteiger partial charge in [-0.1, -0.05) is 0 Å². The average Bonchev–Trinajstić information content (AvgIpc) is 3.22. The van der Waals surface area contributed by atoms with Crippen molar-refractivity contribution >= 4 is 17.7 Å². The molecule has 0 aromatic carbocycles. The van der Waals surface area contributed by atoms with Crippen LogP contribution in [-0.4, -0.2) is 82.6 Å². The summed E-state index contributed by atoms with van der Waals surface area (Å²) >= 11 is 0. The maximum Gasteiger partial charge on any atom is 0.311 e. The summed E-state index contributed by atoms with van der Waals surface area (Å²) in [6.07, 6.45) is 7.51. The van der Waals surface area contributed by atoms with E-state index in [1.54, 1.807) is 6.20 Å². The fourth-order valence-corrected chi connectivity index (χ4v) is 4.89. The maximum absolute atomic E-state index is 12.6. The van der Waals surface area contributed by atoms with Crippen LogP contribution in [0.1, 0.15) is 42.6 Å². The number of aliphatic carboxylic acids is 1. The molecule has 1 N–H and O–H groups in total. The number of carboxylic acids is 1. The summed E-state index contributed by atoms with van der Waals surface area (Å²) in [6, 6.07) is -0.0581. The highest BCUT2D eigenvalue weighted by molar-refractivity contribution is 5.92. The third kappa shape index (κ3) is 3.16. The van der Waals surface area contributed by atoms with E-state index in [0.717, 1.165) is 45.3 Å². The second-order valence-electron chi connectivity index (χ2n) is 8.02. The molecule has 0 unspecified atom stereocenters. The van der Waals surface area contributed by atoms with Gasteiger partial charge in [0, 0.05) is 32.2 Å².